The van der Waals surface area contributed by atoms with Gasteiger partial charge in [0.25, 0.3) is 0 Å². The Morgan fingerprint density at radius 3 is 2.68 bits per heavy atom. The number of aromatic nitrogens is 2. The summed E-state index contributed by atoms with van der Waals surface area (Å²) in [6, 6.07) is 11.1. The van der Waals surface area contributed by atoms with Crippen molar-refractivity contribution in [2.75, 3.05) is 31.0 Å². The molecule has 3 aromatic rings. The van der Waals surface area contributed by atoms with Gasteiger partial charge in [-0.05, 0) is 36.8 Å². The maximum absolute atomic E-state index is 6.17. The normalized spacial score (nSPS) is 12.4. The van der Waals surface area contributed by atoms with Crippen molar-refractivity contribution in [3.63, 3.8) is 0 Å². The summed E-state index contributed by atoms with van der Waals surface area (Å²) in [5, 5.41) is 7.06. The van der Waals surface area contributed by atoms with Gasteiger partial charge in [0.05, 0.1) is 12.8 Å². The van der Waals surface area contributed by atoms with E-state index in [9.17, 15) is 0 Å². The Labute approximate surface area is 167 Å². The van der Waals surface area contributed by atoms with Gasteiger partial charge in [0.1, 0.15) is 24.8 Å². The number of nitrogens with zero attached hydrogens (tertiary/aromatic N) is 2. The number of hydrogen-bond acceptors (Lipinski definition) is 7. The van der Waals surface area contributed by atoms with Crippen molar-refractivity contribution in [1.29, 1.82) is 0 Å². The lowest BCUT2D eigenvalue weighted by molar-refractivity contribution is 0.171. The second kappa shape index (κ2) is 7.82. The molecular formula is C20H19ClN4O3. The van der Waals surface area contributed by atoms with Crippen LogP contribution in [0.3, 0.4) is 0 Å². The van der Waals surface area contributed by atoms with Crippen LogP contribution in [0, 0.1) is 6.92 Å². The molecule has 2 N–H and O–H groups in total. The van der Waals surface area contributed by atoms with Crippen LogP contribution in [-0.4, -0.2) is 30.3 Å². The summed E-state index contributed by atoms with van der Waals surface area (Å²) in [6.45, 7) is 3.03. The predicted molar refractivity (Wildman–Crippen MR) is 109 cm³/mol. The van der Waals surface area contributed by atoms with Gasteiger partial charge in [0.2, 0.25) is 5.95 Å². The van der Waals surface area contributed by atoms with Crippen LogP contribution in [0.15, 0.2) is 42.6 Å². The summed E-state index contributed by atoms with van der Waals surface area (Å²) in [6.07, 6.45) is 1.67. The van der Waals surface area contributed by atoms with E-state index in [1.54, 1.807) is 25.4 Å². The molecule has 0 saturated carbocycles. The summed E-state index contributed by atoms with van der Waals surface area (Å²) in [4.78, 5) is 8.79. The second-order valence-electron chi connectivity index (χ2n) is 6.18. The zero-order valence-corrected chi connectivity index (χ0v) is 16.2. The lowest BCUT2D eigenvalue weighted by atomic mass is 10.2. The Morgan fingerprint density at radius 2 is 1.86 bits per heavy atom. The highest BCUT2D eigenvalue weighted by Crippen LogP contribution is 2.34. The van der Waals surface area contributed by atoms with Crippen LogP contribution >= 0.6 is 11.6 Å². The average Bonchev–Trinajstić information content (AvgIpc) is 2.71. The van der Waals surface area contributed by atoms with Gasteiger partial charge in [-0.25, -0.2) is 4.98 Å². The molecule has 7 nitrogen and oxygen atoms in total. The number of aryl methyl sites for hydroxylation is 1. The van der Waals surface area contributed by atoms with Gasteiger partial charge in [0.15, 0.2) is 11.5 Å². The van der Waals surface area contributed by atoms with E-state index in [4.69, 9.17) is 25.8 Å². The predicted octanol–water partition coefficient (Wildman–Crippen LogP) is 4.71. The lowest BCUT2D eigenvalue weighted by Gasteiger charge is -2.19. The van der Waals surface area contributed by atoms with Crippen LogP contribution in [0.2, 0.25) is 5.02 Å². The van der Waals surface area contributed by atoms with Crippen molar-refractivity contribution < 1.29 is 14.2 Å². The molecule has 0 saturated heterocycles. The van der Waals surface area contributed by atoms with Crippen molar-refractivity contribution in [3.05, 3.63) is 53.2 Å². The van der Waals surface area contributed by atoms with Gasteiger partial charge in [-0.2, -0.15) is 4.98 Å². The smallest absolute Gasteiger partial charge is 0.229 e. The van der Waals surface area contributed by atoms with Crippen LogP contribution in [0.25, 0.3) is 0 Å². The summed E-state index contributed by atoms with van der Waals surface area (Å²) >= 11 is 6.17. The number of nitrogens with one attached hydrogen (secondary N) is 2. The monoisotopic (exact) mass is 398 g/mol. The zero-order valence-electron chi connectivity index (χ0n) is 15.5. The van der Waals surface area contributed by atoms with E-state index < -0.39 is 0 Å². The van der Waals surface area contributed by atoms with Gasteiger partial charge >= 0.3 is 0 Å². The molecule has 144 valence electrons. The number of benzene rings is 2. The number of hydrogen-bond donors (Lipinski definition) is 2. The van der Waals surface area contributed by atoms with Crippen molar-refractivity contribution >= 4 is 34.7 Å². The molecule has 2 aromatic carbocycles. The summed E-state index contributed by atoms with van der Waals surface area (Å²) in [5.74, 6) is 3.14. The number of rotatable bonds is 5. The maximum Gasteiger partial charge on any atom is 0.229 e. The first-order valence-corrected chi connectivity index (χ1v) is 9.11. The molecule has 0 bridgehead atoms. The molecule has 1 aromatic heterocycles. The number of fused-ring (bicyclic) bond motifs is 1. The zero-order chi connectivity index (χ0) is 19.5. The number of ether oxygens (including phenoxy) is 3. The molecule has 1 aliphatic heterocycles. The molecule has 1 aliphatic rings. The van der Waals surface area contributed by atoms with Crippen LogP contribution in [0.1, 0.15) is 5.56 Å². The SMILES string of the molecule is COc1cc(Cl)c(C)cc1Nc1nccc(Nc2ccc3c(c2)OCCO3)n1. The van der Waals surface area contributed by atoms with Crippen molar-refractivity contribution in [2.45, 2.75) is 6.92 Å². The van der Waals surface area contributed by atoms with E-state index in [1.807, 2.05) is 31.2 Å². The first-order chi connectivity index (χ1) is 13.6. The van der Waals surface area contributed by atoms with Crippen LogP contribution in [0.4, 0.5) is 23.1 Å². The molecule has 0 unspecified atom stereocenters. The van der Waals surface area contributed by atoms with E-state index in [1.165, 1.54) is 0 Å². The Morgan fingerprint density at radius 1 is 1.04 bits per heavy atom. The number of halogens is 1. The molecule has 8 heteroatoms. The average molecular weight is 399 g/mol. The third-order valence-corrected chi connectivity index (χ3v) is 4.60. The van der Waals surface area contributed by atoms with E-state index in [2.05, 4.69) is 20.6 Å². The van der Waals surface area contributed by atoms with E-state index >= 15 is 0 Å². The van der Waals surface area contributed by atoms with E-state index in [-0.39, 0.29) is 0 Å². The van der Waals surface area contributed by atoms with Crippen molar-refractivity contribution in [1.82, 2.24) is 9.97 Å². The molecule has 4 rings (SSSR count). The third-order valence-electron chi connectivity index (χ3n) is 4.20. The third kappa shape index (κ3) is 3.89. The highest BCUT2D eigenvalue weighted by atomic mass is 35.5. The van der Waals surface area contributed by atoms with Gasteiger partial charge in [-0.1, -0.05) is 11.6 Å². The molecule has 2 heterocycles. The first-order valence-electron chi connectivity index (χ1n) is 8.73. The molecule has 0 aliphatic carbocycles. The summed E-state index contributed by atoms with van der Waals surface area (Å²) < 4.78 is 16.5. The van der Waals surface area contributed by atoms with Crippen LogP contribution < -0.4 is 24.8 Å². The van der Waals surface area contributed by atoms with E-state index in [0.717, 1.165) is 22.7 Å². The first kappa shape index (κ1) is 18.2. The summed E-state index contributed by atoms with van der Waals surface area (Å²) in [5.41, 5.74) is 2.50. The van der Waals surface area contributed by atoms with Crippen LogP contribution in [0.5, 0.6) is 17.2 Å². The highest BCUT2D eigenvalue weighted by molar-refractivity contribution is 6.31. The van der Waals surface area contributed by atoms with Crippen molar-refractivity contribution in [2.24, 2.45) is 0 Å². The topological polar surface area (TPSA) is 77.5 Å². The minimum atomic E-state index is 0.433. The molecular weight excluding hydrogens is 380 g/mol. The largest absolute Gasteiger partial charge is 0.495 e. The van der Waals surface area contributed by atoms with E-state index in [0.29, 0.717) is 41.5 Å². The molecule has 0 spiro atoms. The molecule has 0 fully saturated rings. The summed E-state index contributed by atoms with van der Waals surface area (Å²) in [7, 11) is 1.59. The minimum absolute atomic E-state index is 0.433. The maximum atomic E-state index is 6.17. The van der Waals surface area contributed by atoms with Gasteiger partial charge < -0.3 is 24.8 Å². The lowest BCUT2D eigenvalue weighted by Crippen LogP contribution is -2.15. The standard InChI is InChI=1S/C20H19ClN4O3/c1-12-9-15(17(26-2)11-14(12)21)24-20-22-6-5-19(25-20)23-13-3-4-16-18(10-13)28-8-7-27-16/h3-6,9-11H,7-8H2,1-2H3,(H2,22,23,24,25). The Hall–Kier alpha value is -3.19. The molecule has 0 radical (unpaired) electrons. The fraction of sp³-hybridized carbons (Fsp3) is 0.200. The molecule has 28 heavy (non-hydrogen) atoms. The number of anilines is 4. The second-order valence-corrected chi connectivity index (χ2v) is 6.58. The van der Waals surface area contributed by atoms with Gasteiger partial charge in [0, 0.05) is 29.0 Å². The highest BCUT2D eigenvalue weighted by Gasteiger charge is 2.13. The van der Waals surface area contributed by atoms with Crippen molar-refractivity contribution in [3.8, 4) is 17.2 Å². The Balaban J connectivity index is 1.55. The van der Waals surface area contributed by atoms with Crippen LogP contribution in [-0.2, 0) is 0 Å². The Kier molecular flexibility index (Phi) is 5.08. The molecule has 0 amide bonds. The van der Waals surface area contributed by atoms with Gasteiger partial charge in [-0.3, -0.25) is 0 Å². The number of methoxy groups -OCH3 is 1. The quantitative estimate of drug-likeness (QED) is 0.644. The fourth-order valence-electron chi connectivity index (χ4n) is 2.81. The van der Waals surface area contributed by atoms with Gasteiger partial charge in [-0.15, -0.1) is 0 Å². The molecule has 0 atom stereocenters. The fourth-order valence-corrected chi connectivity index (χ4v) is 2.96. The Bertz CT molecular complexity index is 1010. The minimum Gasteiger partial charge on any atom is -0.495 e.